The second kappa shape index (κ2) is 8.63. The van der Waals surface area contributed by atoms with Crippen LogP contribution in [-0.2, 0) is 18.3 Å². The van der Waals surface area contributed by atoms with E-state index in [4.69, 9.17) is 9.47 Å². The van der Waals surface area contributed by atoms with Gasteiger partial charge in [-0.25, -0.2) is 0 Å². The summed E-state index contributed by atoms with van der Waals surface area (Å²) in [5, 5.41) is 0. The van der Waals surface area contributed by atoms with E-state index in [1.54, 1.807) is 14.2 Å². The lowest BCUT2D eigenvalue weighted by Gasteiger charge is -2.42. The van der Waals surface area contributed by atoms with Gasteiger partial charge in [0.2, 0.25) is 0 Å². The van der Waals surface area contributed by atoms with Crippen LogP contribution in [0.4, 0.5) is 0 Å². The predicted octanol–water partition coefficient (Wildman–Crippen LogP) is 6.85. The molecule has 0 aromatic heterocycles. The Hall–Kier alpha value is -3.78. The Morgan fingerprint density at radius 1 is 0.576 bits per heavy atom. The lowest BCUT2D eigenvalue weighted by atomic mass is 9.60. The maximum Gasteiger partial charge on any atom is 0.118 e. The zero-order valence-electron chi connectivity index (χ0n) is 19.2. The van der Waals surface area contributed by atoms with Crippen LogP contribution in [0.2, 0.25) is 0 Å². The van der Waals surface area contributed by atoms with Crippen molar-refractivity contribution in [3.05, 3.63) is 137 Å². The molecule has 0 atom stereocenters. The van der Waals surface area contributed by atoms with Gasteiger partial charge < -0.3 is 9.47 Å². The zero-order valence-corrected chi connectivity index (χ0v) is 19.2. The second-order valence-corrected chi connectivity index (χ2v) is 8.70. The Bertz CT molecular complexity index is 1180. The number of rotatable bonds is 6. The number of hydrogen-bond donors (Lipinski definition) is 0. The molecule has 4 aromatic rings. The summed E-state index contributed by atoms with van der Waals surface area (Å²) in [6.45, 7) is 4.49. The smallest absolute Gasteiger partial charge is 0.118 e. The van der Waals surface area contributed by atoms with Crippen LogP contribution >= 0.6 is 0 Å². The molecule has 0 heterocycles. The molecule has 0 unspecified atom stereocenters. The van der Waals surface area contributed by atoms with Gasteiger partial charge in [-0.15, -0.1) is 0 Å². The van der Waals surface area contributed by atoms with E-state index in [2.05, 4.69) is 104 Å². The number of ether oxygens (including phenoxy) is 2. The van der Waals surface area contributed by atoms with Crippen LogP contribution in [0.25, 0.3) is 5.57 Å². The molecule has 2 heteroatoms. The summed E-state index contributed by atoms with van der Waals surface area (Å²) in [6, 6.07) is 34.5. The van der Waals surface area contributed by atoms with Crippen molar-refractivity contribution >= 4 is 5.57 Å². The minimum atomic E-state index is -0.225. The molecule has 2 nitrogen and oxygen atoms in total. The lowest BCUT2D eigenvalue weighted by Crippen LogP contribution is -2.37. The van der Waals surface area contributed by atoms with E-state index in [0.717, 1.165) is 29.9 Å². The van der Waals surface area contributed by atoms with Gasteiger partial charge in [-0.1, -0.05) is 79.4 Å². The molecule has 0 radical (unpaired) electrons. The topological polar surface area (TPSA) is 18.5 Å². The molecule has 0 N–H and O–H groups in total. The van der Waals surface area contributed by atoms with Crippen molar-refractivity contribution in [2.45, 2.75) is 18.3 Å². The van der Waals surface area contributed by atoms with Crippen LogP contribution in [0.15, 0.2) is 104 Å². The number of fused-ring (bicyclic) bond motifs is 2. The molecule has 5 rings (SSSR count). The molecule has 1 aliphatic rings. The number of benzene rings is 4. The highest BCUT2D eigenvalue weighted by Gasteiger charge is 2.41. The van der Waals surface area contributed by atoms with E-state index in [1.807, 2.05) is 0 Å². The Kier molecular flexibility index (Phi) is 5.51. The first-order valence-electron chi connectivity index (χ1n) is 11.3. The van der Waals surface area contributed by atoms with Gasteiger partial charge in [0.15, 0.2) is 0 Å². The highest BCUT2D eigenvalue weighted by atomic mass is 16.5. The maximum atomic E-state index is 5.40. The van der Waals surface area contributed by atoms with Gasteiger partial charge in [0.25, 0.3) is 0 Å². The van der Waals surface area contributed by atoms with Gasteiger partial charge in [0.05, 0.1) is 14.2 Å². The largest absolute Gasteiger partial charge is 0.497 e. The highest BCUT2D eigenvalue weighted by molar-refractivity contribution is 5.86. The third kappa shape index (κ3) is 3.72. The molecule has 4 aromatic carbocycles. The number of methoxy groups -OCH3 is 2. The monoisotopic (exact) mass is 432 g/mol. The van der Waals surface area contributed by atoms with E-state index >= 15 is 0 Å². The SMILES string of the molecule is C=C1c2ccccc2C(Cc2ccc(OC)cc2)(Cc2ccc(OC)cc2)c2ccccc21. The Morgan fingerprint density at radius 3 is 1.36 bits per heavy atom. The third-order valence-corrected chi connectivity index (χ3v) is 6.87. The average Bonchev–Trinajstić information content (AvgIpc) is 2.88. The van der Waals surface area contributed by atoms with Crippen LogP contribution in [0.1, 0.15) is 33.4 Å². The molecule has 1 aliphatic carbocycles. The third-order valence-electron chi connectivity index (χ3n) is 6.87. The molecule has 0 saturated heterocycles. The summed E-state index contributed by atoms with van der Waals surface area (Å²) in [5.74, 6) is 1.75. The van der Waals surface area contributed by atoms with E-state index < -0.39 is 0 Å². The number of hydrogen-bond acceptors (Lipinski definition) is 2. The summed E-state index contributed by atoms with van der Waals surface area (Å²) in [6.07, 6.45) is 1.76. The first-order valence-corrected chi connectivity index (χ1v) is 11.3. The minimum absolute atomic E-state index is 0.225. The van der Waals surface area contributed by atoms with Crippen LogP contribution < -0.4 is 9.47 Å². The van der Waals surface area contributed by atoms with Crippen molar-refractivity contribution in [2.24, 2.45) is 0 Å². The van der Waals surface area contributed by atoms with Gasteiger partial charge >= 0.3 is 0 Å². The van der Waals surface area contributed by atoms with E-state index in [9.17, 15) is 0 Å². The van der Waals surface area contributed by atoms with Gasteiger partial charge in [0, 0.05) is 5.41 Å². The van der Waals surface area contributed by atoms with Crippen molar-refractivity contribution < 1.29 is 9.47 Å². The molecule has 0 spiro atoms. The summed E-state index contributed by atoms with van der Waals surface area (Å²) in [4.78, 5) is 0. The summed E-state index contributed by atoms with van der Waals surface area (Å²) >= 11 is 0. The van der Waals surface area contributed by atoms with E-state index in [-0.39, 0.29) is 5.41 Å². The molecule has 0 amide bonds. The van der Waals surface area contributed by atoms with Gasteiger partial charge in [-0.3, -0.25) is 0 Å². The molecule has 0 saturated carbocycles. The molecular weight excluding hydrogens is 404 g/mol. The summed E-state index contributed by atoms with van der Waals surface area (Å²) < 4.78 is 10.8. The molecule has 33 heavy (non-hydrogen) atoms. The van der Waals surface area contributed by atoms with Crippen molar-refractivity contribution in [1.29, 1.82) is 0 Å². The quantitative estimate of drug-likeness (QED) is 0.332. The molecule has 164 valence electrons. The second-order valence-electron chi connectivity index (χ2n) is 8.70. The summed E-state index contributed by atoms with van der Waals surface area (Å²) in [5.41, 5.74) is 8.57. The van der Waals surface area contributed by atoms with E-state index in [0.29, 0.717) is 0 Å². The molecule has 0 aliphatic heterocycles. The van der Waals surface area contributed by atoms with Crippen molar-refractivity contribution in [1.82, 2.24) is 0 Å². The van der Waals surface area contributed by atoms with Gasteiger partial charge in [0.1, 0.15) is 11.5 Å². The first kappa shape index (κ1) is 21.1. The van der Waals surface area contributed by atoms with Crippen molar-refractivity contribution in [3.8, 4) is 11.5 Å². The Balaban J connectivity index is 1.72. The highest BCUT2D eigenvalue weighted by Crippen LogP contribution is 2.49. The standard InChI is InChI=1S/C31H28O2/c1-22-27-8-4-6-10-29(27)31(30-11-7-5-9-28(22)30,20-23-12-16-25(32-2)17-13-23)21-24-14-18-26(33-3)19-15-24/h4-19H,1,20-21H2,2-3H3. The van der Waals surface area contributed by atoms with Crippen LogP contribution in [0, 0.1) is 0 Å². The van der Waals surface area contributed by atoms with E-state index in [1.165, 1.54) is 33.4 Å². The first-order chi connectivity index (χ1) is 16.1. The van der Waals surface area contributed by atoms with Gasteiger partial charge in [-0.05, 0) is 76.1 Å². The molecule has 0 bridgehead atoms. The van der Waals surface area contributed by atoms with Crippen LogP contribution in [0.3, 0.4) is 0 Å². The Morgan fingerprint density at radius 2 is 0.970 bits per heavy atom. The molecule has 0 fully saturated rings. The Labute approximate surface area is 196 Å². The lowest BCUT2D eigenvalue weighted by molar-refractivity contribution is 0.414. The van der Waals surface area contributed by atoms with Gasteiger partial charge in [-0.2, -0.15) is 0 Å². The maximum absolute atomic E-state index is 5.40. The normalized spacial score (nSPS) is 13.7. The minimum Gasteiger partial charge on any atom is -0.497 e. The predicted molar refractivity (Wildman–Crippen MR) is 135 cm³/mol. The zero-order chi connectivity index (χ0) is 22.8. The fourth-order valence-corrected chi connectivity index (χ4v) is 5.24. The summed E-state index contributed by atoms with van der Waals surface area (Å²) in [7, 11) is 3.42. The van der Waals surface area contributed by atoms with Crippen LogP contribution in [-0.4, -0.2) is 14.2 Å². The van der Waals surface area contributed by atoms with Crippen molar-refractivity contribution in [2.75, 3.05) is 14.2 Å². The molecular formula is C31H28O2. The van der Waals surface area contributed by atoms with Crippen molar-refractivity contribution in [3.63, 3.8) is 0 Å². The average molecular weight is 433 g/mol. The fraction of sp³-hybridized carbons (Fsp3) is 0.161. The fourth-order valence-electron chi connectivity index (χ4n) is 5.24. The van der Waals surface area contributed by atoms with Crippen LogP contribution in [0.5, 0.6) is 11.5 Å².